The third-order valence-electron chi connectivity index (χ3n) is 2.87. The number of rotatable bonds is 5. The lowest BCUT2D eigenvalue weighted by Crippen LogP contribution is -2.13. The standard InChI is InChI=1S/C15H15BrFNO/c16-15-7-14(17)6-5-13(15)9-18-8-11-1-3-12(10-19)4-2-11/h1-7,18-19H,8-10H2. The molecule has 0 amide bonds. The van der Waals surface area contributed by atoms with Gasteiger partial charge in [-0.25, -0.2) is 4.39 Å². The lowest BCUT2D eigenvalue weighted by molar-refractivity contribution is 0.282. The van der Waals surface area contributed by atoms with E-state index >= 15 is 0 Å². The third-order valence-corrected chi connectivity index (χ3v) is 3.60. The summed E-state index contributed by atoms with van der Waals surface area (Å²) in [5.41, 5.74) is 3.08. The molecule has 0 saturated carbocycles. The first-order valence-corrected chi connectivity index (χ1v) is 6.81. The summed E-state index contributed by atoms with van der Waals surface area (Å²) in [6.07, 6.45) is 0. The molecule has 0 aliphatic heterocycles. The zero-order valence-electron chi connectivity index (χ0n) is 10.4. The quantitative estimate of drug-likeness (QED) is 0.884. The largest absolute Gasteiger partial charge is 0.392 e. The Morgan fingerprint density at radius 1 is 1.00 bits per heavy atom. The van der Waals surface area contributed by atoms with Crippen LogP contribution >= 0.6 is 15.9 Å². The summed E-state index contributed by atoms with van der Waals surface area (Å²) >= 11 is 3.34. The number of nitrogens with one attached hydrogen (secondary N) is 1. The highest BCUT2D eigenvalue weighted by Gasteiger charge is 2.01. The molecule has 0 atom stereocenters. The Bertz CT molecular complexity index is 542. The average Bonchev–Trinajstić information content (AvgIpc) is 2.42. The Labute approximate surface area is 120 Å². The van der Waals surface area contributed by atoms with E-state index in [4.69, 9.17) is 5.11 Å². The van der Waals surface area contributed by atoms with Crippen molar-refractivity contribution in [1.29, 1.82) is 0 Å². The predicted molar refractivity (Wildman–Crippen MR) is 77.0 cm³/mol. The van der Waals surface area contributed by atoms with Gasteiger partial charge >= 0.3 is 0 Å². The molecular formula is C15H15BrFNO. The molecular weight excluding hydrogens is 309 g/mol. The lowest BCUT2D eigenvalue weighted by atomic mass is 10.1. The molecule has 0 saturated heterocycles. The van der Waals surface area contributed by atoms with Gasteiger partial charge in [-0.15, -0.1) is 0 Å². The summed E-state index contributed by atoms with van der Waals surface area (Å²) < 4.78 is 13.7. The van der Waals surface area contributed by atoms with E-state index in [0.717, 1.165) is 27.7 Å². The van der Waals surface area contributed by atoms with Crippen LogP contribution < -0.4 is 5.32 Å². The van der Waals surface area contributed by atoms with Crippen molar-refractivity contribution in [2.75, 3.05) is 0 Å². The van der Waals surface area contributed by atoms with Gasteiger partial charge in [-0.3, -0.25) is 0 Å². The molecule has 4 heteroatoms. The highest BCUT2D eigenvalue weighted by atomic mass is 79.9. The van der Waals surface area contributed by atoms with E-state index in [-0.39, 0.29) is 12.4 Å². The fourth-order valence-corrected chi connectivity index (χ4v) is 2.26. The molecule has 2 N–H and O–H groups in total. The number of aliphatic hydroxyl groups is 1. The number of aliphatic hydroxyl groups excluding tert-OH is 1. The molecule has 0 aliphatic carbocycles. The second-order valence-corrected chi connectivity index (χ2v) is 5.17. The van der Waals surface area contributed by atoms with Gasteiger partial charge in [-0.2, -0.15) is 0 Å². The van der Waals surface area contributed by atoms with Gasteiger partial charge in [0.15, 0.2) is 0 Å². The lowest BCUT2D eigenvalue weighted by Gasteiger charge is -2.07. The Hall–Kier alpha value is -1.23. The molecule has 0 fully saturated rings. The predicted octanol–water partition coefficient (Wildman–Crippen LogP) is 3.37. The number of hydrogen-bond acceptors (Lipinski definition) is 2. The average molecular weight is 324 g/mol. The zero-order valence-corrected chi connectivity index (χ0v) is 12.0. The van der Waals surface area contributed by atoms with Crippen molar-refractivity contribution in [1.82, 2.24) is 5.32 Å². The first-order valence-electron chi connectivity index (χ1n) is 6.02. The van der Waals surface area contributed by atoms with Crippen molar-refractivity contribution in [3.8, 4) is 0 Å². The molecule has 0 heterocycles. The molecule has 0 bridgehead atoms. The van der Waals surface area contributed by atoms with Crippen LogP contribution in [0.1, 0.15) is 16.7 Å². The molecule has 0 unspecified atom stereocenters. The second kappa shape index (κ2) is 6.80. The Balaban J connectivity index is 1.88. The molecule has 2 aromatic rings. The van der Waals surface area contributed by atoms with E-state index < -0.39 is 0 Å². The Morgan fingerprint density at radius 2 is 1.68 bits per heavy atom. The third kappa shape index (κ3) is 4.13. The molecule has 2 rings (SSSR count). The van der Waals surface area contributed by atoms with E-state index in [2.05, 4.69) is 21.2 Å². The van der Waals surface area contributed by atoms with E-state index in [9.17, 15) is 4.39 Å². The zero-order chi connectivity index (χ0) is 13.7. The number of benzene rings is 2. The normalized spacial score (nSPS) is 10.7. The number of halogens is 2. The summed E-state index contributed by atoms with van der Waals surface area (Å²) in [6.45, 7) is 1.47. The van der Waals surface area contributed by atoms with Gasteiger partial charge in [-0.1, -0.05) is 46.3 Å². The summed E-state index contributed by atoms with van der Waals surface area (Å²) in [5, 5.41) is 12.3. The van der Waals surface area contributed by atoms with Crippen LogP contribution in [0.15, 0.2) is 46.9 Å². The minimum atomic E-state index is -0.241. The van der Waals surface area contributed by atoms with Crippen LogP contribution in [0.4, 0.5) is 4.39 Å². The van der Waals surface area contributed by atoms with Crippen LogP contribution in [0.5, 0.6) is 0 Å². The van der Waals surface area contributed by atoms with E-state index in [1.165, 1.54) is 12.1 Å². The highest BCUT2D eigenvalue weighted by Crippen LogP contribution is 2.17. The summed E-state index contributed by atoms with van der Waals surface area (Å²) in [4.78, 5) is 0. The van der Waals surface area contributed by atoms with Gasteiger partial charge in [0.25, 0.3) is 0 Å². The SMILES string of the molecule is OCc1ccc(CNCc2ccc(F)cc2Br)cc1. The first kappa shape index (κ1) is 14.2. The topological polar surface area (TPSA) is 32.3 Å². The van der Waals surface area contributed by atoms with Crippen molar-refractivity contribution >= 4 is 15.9 Å². The Kier molecular flexibility index (Phi) is 5.07. The van der Waals surface area contributed by atoms with Crippen molar-refractivity contribution < 1.29 is 9.50 Å². The maximum absolute atomic E-state index is 12.9. The number of hydrogen-bond donors (Lipinski definition) is 2. The fourth-order valence-electron chi connectivity index (χ4n) is 1.77. The summed E-state index contributed by atoms with van der Waals surface area (Å²) in [6, 6.07) is 12.5. The van der Waals surface area contributed by atoms with Gasteiger partial charge in [0.1, 0.15) is 5.82 Å². The van der Waals surface area contributed by atoms with Crippen LogP contribution in [0.25, 0.3) is 0 Å². The molecule has 0 aromatic heterocycles. The molecule has 0 spiro atoms. The van der Waals surface area contributed by atoms with Gasteiger partial charge < -0.3 is 10.4 Å². The molecule has 19 heavy (non-hydrogen) atoms. The molecule has 2 nitrogen and oxygen atoms in total. The minimum absolute atomic E-state index is 0.0657. The van der Waals surface area contributed by atoms with Crippen molar-refractivity contribution in [3.63, 3.8) is 0 Å². The van der Waals surface area contributed by atoms with Gasteiger partial charge in [0.2, 0.25) is 0 Å². The maximum Gasteiger partial charge on any atom is 0.124 e. The highest BCUT2D eigenvalue weighted by molar-refractivity contribution is 9.10. The minimum Gasteiger partial charge on any atom is -0.392 e. The summed E-state index contributed by atoms with van der Waals surface area (Å²) in [5.74, 6) is -0.241. The van der Waals surface area contributed by atoms with Gasteiger partial charge in [0.05, 0.1) is 6.61 Å². The van der Waals surface area contributed by atoms with Crippen molar-refractivity contribution in [3.05, 3.63) is 69.4 Å². The fraction of sp³-hybridized carbons (Fsp3) is 0.200. The van der Waals surface area contributed by atoms with Crippen molar-refractivity contribution in [2.24, 2.45) is 0 Å². The van der Waals surface area contributed by atoms with Crippen LogP contribution in [-0.2, 0) is 19.7 Å². The van der Waals surface area contributed by atoms with E-state index in [1.54, 1.807) is 6.07 Å². The molecule has 0 radical (unpaired) electrons. The Morgan fingerprint density at radius 3 is 2.32 bits per heavy atom. The van der Waals surface area contributed by atoms with Crippen LogP contribution in [0, 0.1) is 5.82 Å². The van der Waals surface area contributed by atoms with E-state index in [1.807, 2.05) is 24.3 Å². The van der Waals surface area contributed by atoms with Crippen LogP contribution in [0.3, 0.4) is 0 Å². The maximum atomic E-state index is 12.9. The molecule has 100 valence electrons. The van der Waals surface area contributed by atoms with Crippen molar-refractivity contribution in [2.45, 2.75) is 19.7 Å². The van der Waals surface area contributed by atoms with Gasteiger partial charge in [0, 0.05) is 17.6 Å². The van der Waals surface area contributed by atoms with Crippen LogP contribution in [0.2, 0.25) is 0 Å². The first-order chi connectivity index (χ1) is 9.19. The van der Waals surface area contributed by atoms with Crippen LogP contribution in [-0.4, -0.2) is 5.11 Å². The second-order valence-electron chi connectivity index (χ2n) is 4.31. The smallest absolute Gasteiger partial charge is 0.124 e. The molecule has 0 aliphatic rings. The van der Waals surface area contributed by atoms with Gasteiger partial charge in [-0.05, 0) is 28.8 Å². The van der Waals surface area contributed by atoms with E-state index in [0.29, 0.717) is 6.54 Å². The monoisotopic (exact) mass is 323 g/mol. The molecule has 2 aromatic carbocycles. The summed E-state index contributed by atoms with van der Waals surface area (Å²) in [7, 11) is 0.